The molecular weight excluding hydrogens is 227 g/mol. The van der Waals surface area contributed by atoms with Crippen LogP contribution in [0.5, 0.6) is 0 Å². The van der Waals surface area contributed by atoms with Gasteiger partial charge in [0.2, 0.25) is 0 Å². The van der Waals surface area contributed by atoms with Crippen LogP contribution in [0.2, 0.25) is 0 Å². The summed E-state index contributed by atoms with van der Waals surface area (Å²) in [5.41, 5.74) is 0.885. The summed E-state index contributed by atoms with van der Waals surface area (Å²) < 4.78 is 37.8. The van der Waals surface area contributed by atoms with Gasteiger partial charge >= 0.3 is 6.18 Å². The fourth-order valence-corrected chi connectivity index (χ4v) is 1.77. The van der Waals surface area contributed by atoms with Gasteiger partial charge in [-0.05, 0) is 58.1 Å². The van der Waals surface area contributed by atoms with Gasteiger partial charge < -0.3 is 4.90 Å². The highest BCUT2D eigenvalue weighted by Gasteiger charge is 2.30. The second-order valence-corrected chi connectivity index (χ2v) is 4.61. The van der Waals surface area contributed by atoms with E-state index < -0.39 is 11.7 Å². The van der Waals surface area contributed by atoms with E-state index in [2.05, 4.69) is 0 Å². The highest BCUT2D eigenvalue weighted by molar-refractivity contribution is 5.31. The van der Waals surface area contributed by atoms with E-state index in [-0.39, 0.29) is 0 Å². The summed E-state index contributed by atoms with van der Waals surface area (Å²) in [4.78, 5) is 2.03. The molecule has 1 nitrogen and oxygen atoms in total. The predicted molar refractivity (Wildman–Crippen MR) is 63.1 cm³/mol. The van der Waals surface area contributed by atoms with E-state index in [0.29, 0.717) is 12.0 Å². The molecule has 0 N–H and O–H groups in total. The van der Waals surface area contributed by atoms with E-state index in [0.717, 1.165) is 18.5 Å². The molecule has 96 valence electrons. The zero-order valence-electron chi connectivity index (χ0n) is 10.4. The molecule has 0 radical (unpaired) electrons. The molecule has 4 heteroatoms. The van der Waals surface area contributed by atoms with Gasteiger partial charge in [0.05, 0.1) is 5.56 Å². The number of hydrogen-bond acceptors (Lipinski definition) is 1. The van der Waals surface area contributed by atoms with E-state index in [9.17, 15) is 13.2 Å². The highest BCUT2D eigenvalue weighted by Crippen LogP contribution is 2.30. The molecule has 0 fully saturated rings. The molecule has 1 aromatic rings. The summed E-state index contributed by atoms with van der Waals surface area (Å²) in [7, 11) is 3.91. The third-order valence-corrected chi connectivity index (χ3v) is 2.54. The van der Waals surface area contributed by atoms with Gasteiger partial charge in [0.25, 0.3) is 0 Å². The zero-order valence-corrected chi connectivity index (χ0v) is 10.4. The summed E-state index contributed by atoms with van der Waals surface area (Å²) >= 11 is 0. The minimum atomic E-state index is -4.25. The average Bonchev–Trinajstić information content (AvgIpc) is 2.14. The second kappa shape index (κ2) is 5.54. The van der Waals surface area contributed by atoms with Crippen molar-refractivity contribution in [1.82, 2.24) is 4.90 Å². The standard InChI is InChI=1S/C13H18F3N/c1-10-7-11(5-4-6-17(2)3)9-12(8-10)13(14,15)16/h7-9H,4-6H2,1-3H3. The number of halogens is 3. The van der Waals surface area contributed by atoms with Crippen LogP contribution in [0.1, 0.15) is 23.1 Å². The summed E-state index contributed by atoms with van der Waals surface area (Å²) in [6.45, 7) is 2.58. The molecule has 17 heavy (non-hydrogen) atoms. The van der Waals surface area contributed by atoms with E-state index in [1.165, 1.54) is 12.1 Å². The van der Waals surface area contributed by atoms with Crippen LogP contribution in [-0.4, -0.2) is 25.5 Å². The Morgan fingerprint density at radius 3 is 2.29 bits per heavy atom. The first-order valence-electron chi connectivity index (χ1n) is 5.61. The average molecular weight is 245 g/mol. The third kappa shape index (κ3) is 4.77. The Bertz CT molecular complexity index is 369. The van der Waals surface area contributed by atoms with Crippen molar-refractivity contribution >= 4 is 0 Å². The summed E-state index contributed by atoms with van der Waals surface area (Å²) in [6, 6.07) is 4.27. The van der Waals surface area contributed by atoms with Gasteiger partial charge in [-0.2, -0.15) is 13.2 Å². The first-order valence-corrected chi connectivity index (χ1v) is 5.61. The van der Waals surface area contributed by atoms with Gasteiger partial charge in [-0.1, -0.05) is 11.6 Å². The van der Waals surface area contributed by atoms with Crippen molar-refractivity contribution in [1.29, 1.82) is 0 Å². The Hall–Kier alpha value is -1.03. The van der Waals surface area contributed by atoms with E-state index >= 15 is 0 Å². The molecule has 0 saturated heterocycles. The summed E-state index contributed by atoms with van der Waals surface area (Å²) in [5.74, 6) is 0. The minimum Gasteiger partial charge on any atom is -0.309 e. The maximum absolute atomic E-state index is 12.6. The summed E-state index contributed by atoms with van der Waals surface area (Å²) in [5, 5.41) is 0. The molecule has 0 atom stereocenters. The molecular formula is C13H18F3N. The van der Waals surface area contributed by atoms with Crippen molar-refractivity contribution in [3.63, 3.8) is 0 Å². The number of nitrogens with zero attached hydrogens (tertiary/aromatic N) is 1. The van der Waals surface area contributed by atoms with Crippen molar-refractivity contribution < 1.29 is 13.2 Å². The Kier molecular flexibility index (Phi) is 4.57. The van der Waals surface area contributed by atoms with E-state index in [1.807, 2.05) is 25.1 Å². The highest BCUT2D eigenvalue weighted by atomic mass is 19.4. The van der Waals surface area contributed by atoms with Gasteiger partial charge in [-0.3, -0.25) is 0 Å². The van der Waals surface area contributed by atoms with E-state index in [4.69, 9.17) is 0 Å². The predicted octanol–water partition coefficient (Wildman–Crippen LogP) is 3.51. The molecule has 0 unspecified atom stereocenters. The maximum atomic E-state index is 12.6. The van der Waals surface area contributed by atoms with Crippen LogP contribution in [0.4, 0.5) is 13.2 Å². The quantitative estimate of drug-likeness (QED) is 0.784. The molecule has 1 aromatic carbocycles. The lowest BCUT2D eigenvalue weighted by atomic mass is 10.0. The van der Waals surface area contributed by atoms with Crippen LogP contribution < -0.4 is 0 Å². The van der Waals surface area contributed by atoms with Gasteiger partial charge in [0, 0.05) is 0 Å². The molecule has 0 spiro atoms. The normalized spacial score (nSPS) is 12.2. The second-order valence-electron chi connectivity index (χ2n) is 4.61. The number of rotatable bonds is 4. The van der Waals surface area contributed by atoms with Crippen LogP contribution in [-0.2, 0) is 12.6 Å². The monoisotopic (exact) mass is 245 g/mol. The Morgan fingerprint density at radius 1 is 1.12 bits per heavy atom. The van der Waals surface area contributed by atoms with Crippen LogP contribution in [0, 0.1) is 6.92 Å². The van der Waals surface area contributed by atoms with Crippen molar-refractivity contribution in [2.24, 2.45) is 0 Å². The third-order valence-electron chi connectivity index (χ3n) is 2.54. The lowest BCUT2D eigenvalue weighted by molar-refractivity contribution is -0.137. The number of alkyl halides is 3. The number of hydrogen-bond donors (Lipinski definition) is 0. The van der Waals surface area contributed by atoms with Gasteiger partial charge in [0.15, 0.2) is 0 Å². The maximum Gasteiger partial charge on any atom is 0.416 e. The molecule has 0 aromatic heterocycles. The zero-order chi connectivity index (χ0) is 13.1. The minimum absolute atomic E-state index is 0.544. The number of benzene rings is 1. The van der Waals surface area contributed by atoms with Crippen LogP contribution in [0.3, 0.4) is 0 Å². The van der Waals surface area contributed by atoms with Gasteiger partial charge in [-0.25, -0.2) is 0 Å². The number of aryl methyl sites for hydroxylation is 2. The van der Waals surface area contributed by atoms with Crippen molar-refractivity contribution in [2.45, 2.75) is 25.9 Å². The molecule has 0 aliphatic rings. The Morgan fingerprint density at radius 2 is 1.76 bits per heavy atom. The molecule has 0 aliphatic heterocycles. The fraction of sp³-hybridized carbons (Fsp3) is 0.538. The first-order chi connectivity index (χ1) is 7.79. The molecule has 0 aliphatic carbocycles. The molecule has 0 saturated carbocycles. The van der Waals surface area contributed by atoms with Crippen molar-refractivity contribution in [2.75, 3.05) is 20.6 Å². The van der Waals surface area contributed by atoms with Crippen molar-refractivity contribution in [3.05, 3.63) is 34.9 Å². The van der Waals surface area contributed by atoms with E-state index in [1.54, 1.807) is 6.92 Å². The Labute approximate surface area is 100 Å². The lowest BCUT2D eigenvalue weighted by Crippen LogP contribution is -2.13. The van der Waals surface area contributed by atoms with Gasteiger partial charge in [-0.15, -0.1) is 0 Å². The van der Waals surface area contributed by atoms with Crippen LogP contribution >= 0.6 is 0 Å². The molecule has 0 heterocycles. The van der Waals surface area contributed by atoms with Crippen molar-refractivity contribution in [3.8, 4) is 0 Å². The fourth-order valence-electron chi connectivity index (χ4n) is 1.77. The summed E-state index contributed by atoms with van der Waals surface area (Å²) in [6.07, 6.45) is -2.70. The molecule has 0 amide bonds. The van der Waals surface area contributed by atoms with Crippen LogP contribution in [0.25, 0.3) is 0 Å². The smallest absolute Gasteiger partial charge is 0.309 e. The Balaban J connectivity index is 2.76. The first kappa shape index (κ1) is 14.0. The molecule has 0 bridgehead atoms. The lowest BCUT2D eigenvalue weighted by Gasteiger charge is -2.12. The van der Waals surface area contributed by atoms with Gasteiger partial charge in [0.1, 0.15) is 0 Å². The topological polar surface area (TPSA) is 3.24 Å². The van der Waals surface area contributed by atoms with Crippen LogP contribution in [0.15, 0.2) is 18.2 Å². The SMILES string of the molecule is Cc1cc(CCCN(C)C)cc(C(F)(F)F)c1. The molecule has 1 rings (SSSR count). The largest absolute Gasteiger partial charge is 0.416 e.